The van der Waals surface area contributed by atoms with Crippen LogP contribution in [0.3, 0.4) is 0 Å². The van der Waals surface area contributed by atoms with Gasteiger partial charge in [-0.15, -0.1) is 0 Å². The minimum absolute atomic E-state index is 0.256. The monoisotopic (exact) mass is 549 g/mol. The van der Waals surface area contributed by atoms with Gasteiger partial charge in [0.15, 0.2) is 6.10 Å². The summed E-state index contributed by atoms with van der Waals surface area (Å²) in [6.07, 6.45) is 3.49. The molecule has 40 heavy (non-hydrogen) atoms. The molecule has 0 bridgehead atoms. The van der Waals surface area contributed by atoms with E-state index in [-0.39, 0.29) is 18.8 Å². The quantitative estimate of drug-likeness (QED) is 0.271. The number of nitrogens with zero attached hydrogens (tertiary/aromatic N) is 1. The molecule has 3 aromatic carbocycles. The zero-order chi connectivity index (χ0) is 28.3. The summed E-state index contributed by atoms with van der Waals surface area (Å²) in [7, 11) is 0. The Kier molecular flexibility index (Phi) is 10.5. The van der Waals surface area contributed by atoms with Gasteiger partial charge >= 0.3 is 12.1 Å². The van der Waals surface area contributed by atoms with Crippen molar-refractivity contribution in [1.82, 2.24) is 4.90 Å². The van der Waals surface area contributed by atoms with E-state index in [0.717, 1.165) is 30.4 Å². The number of hydrogen-bond donors (Lipinski definition) is 1. The number of benzene rings is 3. The summed E-state index contributed by atoms with van der Waals surface area (Å²) in [5, 5.41) is 9.30. The molecule has 1 aliphatic rings. The van der Waals surface area contributed by atoms with Crippen LogP contribution in [0.2, 0.25) is 0 Å². The van der Waals surface area contributed by atoms with E-state index in [0.29, 0.717) is 44.0 Å². The van der Waals surface area contributed by atoms with Crippen LogP contribution in [0.15, 0.2) is 66.7 Å². The molecule has 0 saturated carbocycles. The molecule has 0 saturated heterocycles. The summed E-state index contributed by atoms with van der Waals surface area (Å²) in [5.41, 5.74) is 4.37. The summed E-state index contributed by atoms with van der Waals surface area (Å²) < 4.78 is 30.2. The van der Waals surface area contributed by atoms with Crippen molar-refractivity contribution in [2.45, 2.75) is 51.6 Å². The predicted octanol–water partition coefficient (Wildman–Crippen LogP) is 5.86. The highest BCUT2D eigenvalue weighted by Crippen LogP contribution is 2.26. The molecule has 0 radical (unpaired) electrons. The number of carboxylic acids is 1. The fourth-order valence-corrected chi connectivity index (χ4v) is 4.82. The van der Waals surface area contributed by atoms with Crippen LogP contribution in [0.4, 0.5) is 9.18 Å². The van der Waals surface area contributed by atoms with Gasteiger partial charge in [0, 0.05) is 19.6 Å². The highest BCUT2D eigenvalue weighted by atomic mass is 19.1. The van der Waals surface area contributed by atoms with Crippen molar-refractivity contribution in [3.63, 3.8) is 0 Å². The summed E-state index contributed by atoms with van der Waals surface area (Å²) in [6, 6.07) is 19.4. The van der Waals surface area contributed by atoms with E-state index >= 15 is 0 Å². The number of hydrogen-bond acceptors (Lipinski definition) is 5. The number of amides is 1. The van der Waals surface area contributed by atoms with Gasteiger partial charge in [0.05, 0.1) is 6.54 Å². The van der Waals surface area contributed by atoms with Gasteiger partial charge in [-0.3, -0.25) is 0 Å². The van der Waals surface area contributed by atoms with E-state index in [1.165, 1.54) is 23.3 Å². The normalized spacial score (nSPS) is 12.9. The van der Waals surface area contributed by atoms with Crippen LogP contribution < -0.4 is 9.47 Å². The van der Waals surface area contributed by atoms with Gasteiger partial charge in [-0.2, -0.15) is 0 Å². The summed E-state index contributed by atoms with van der Waals surface area (Å²) in [6.45, 7) is 3.12. The van der Waals surface area contributed by atoms with Crippen molar-refractivity contribution in [2.24, 2.45) is 0 Å². The first-order valence-electron chi connectivity index (χ1n) is 13.8. The molecule has 7 nitrogen and oxygen atoms in total. The fraction of sp³-hybridized carbons (Fsp3) is 0.375. The Morgan fingerprint density at radius 3 is 2.35 bits per heavy atom. The van der Waals surface area contributed by atoms with Gasteiger partial charge in [-0.25, -0.2) is 14.0 Å². The molecule has 4 rings (SSSR count). The van der Waals surface area contributed by atoms with Gasteiger partial charge in [-0.05, 0) is 97.7 Å². The Bertz CT molecular complexity index is 1260. The lowest BCUT2D eigenvalue weighted by Crippen LogP contribution is -2.37. The van der Waals surface area contributed by atoms with Crippen molar-refractivity contribution in [3.05, 3.63) is 94.8 Å². The van der Waals surface area contributed by atoms with Crippen molar-refractivity contribution < 1.29 is 33.3 Å². The van der Waals surface area contributed by atoms with Crippen LogP contribution in [-0.2, 0) is 35.2 Å². The van der Waals surface area contributed by atoms with Crippen molar-refractivity contribution in [3.8, 4) is 11.5 Å². The van der Waals surface area contributed by atoms with Gasteiger partial charge in [0.25, 0.3) is 0 Å². The lowest BCUT2D eigenvalue weighted by Gasteiger charge is -2.22. The van der Waals surface area contributed by atoms with Gasteiger partial charge in [-0.1, -0.05) is 30.3 Å². The standard InChI is InChI=1S/C32H36FNO6/c1-2-38-30(31(35)36)21-24-10-15-28(16-11-24)39-20-19-34(18-4-5-23-8-13-27(33)14-9-23)32(37)40-29-17-12-25-6-3-7-26(25)22-29/h8-17,22,30H,2-7,18-21H2,1H3,(H,35,36). The van der Waals surface area contributed by atoms with Crippen LogP contribution in [0.25, 0.3) is 0 Å². The lowest BCUT2D eigenvalue weighted by atomic mass is 10.1. The van der Waals surface area contributed by atoms with E-state index in [1.807, 2.05) is 30.3 Å². The van der Waals surface area contributed by atoms with E-state index < -0.39 is 18.2 Å². The zero-order valence-electron chi connectivity index (χ0n) is 22.8. The number of carbonyl (C=O) groups excluding carboxylic acids is 1. The summed E-state index contributed by atoms with van der Waals surface area (Å²) in [5.74, 6) is -0.111. The van der Waals surface area contributed by atoms with E-state index in [2.05, 4.69) is 0 Å². The highest BCUT2D eigenvalue weighted by Gasteiger charge is 2.19. The Balaban J connectivity index is 1.33. The molecule has 0 spiro atoms. The number of fused-ring (bicyclic) bond motifs is 1. The second-order valence-corrected chi connectivity index (χ2v) is 9.85. The number of carboxylic acid groups (broad SMARTS) is 1. The van der Waals surface area contributed by atoms with Crippen molar-refractivity contribution >= 4 is 12.1 Å². The van der Waals surface area contributed by atoms with Crippen LogP contribution in [-0.4, -0.2) is 54.5 Å². The molecule has 0 aliphatic heterocycles. The Morgan fingerprint density at radius 2 is 1.62 bits per heavy atom. The first kappa shape index (κ1) is 29.1. The van der Waals surface area contributed by atoms with Crippen LogP contribution >= 0.6 is 0 Å². The maximum atomic E-state index is 13.2. The minimum Gasteiger partial charge on any atom is -0.492 e. The third-order valence-corrected chi connectivity index (χ3v) is 6.96. The molecule has 3 aromatic rings. The summed E-state index contributed by atoms with van der Waals surface area (Å²) in [4.78, 5) is 26.1. The van der Waals surface area contributed by atoms with Gasteiger partial charge < -0.3 is 24.2 Å². The van der Waals surface area contributed by atoms with Gasteiger partial charge in [0.2, 0.25) is 0 Å². The Hall–Kier alpha value is -3.91. The average Bonchev–Trinajstić information content (AvgIpc) is 3.42. The maximum absolute atomic E-state index is 13.2. The fourth-order valence-electron chi connectivity index (χ4n) is 4.82. The third-order valence-electron chi connectivity index (χ3n) is 6.96. The van der Waals surface area contributed by atoms with Crippen LogP contribution in [0, 0.1) is 5.82 Å². The topological polar surface area (TPSA) is 85.3 Å². The zero-order valence-corrected chi connectivity index (χ0v) is 22.8. The Morgan fingerprint density at radius 1 is 0.925 bits per heavy atom. The highest BCUT2D eigenvalue weighted by molar-refractivity contribution is 5.72. The van der Waals surface area contributed by atoms with Crippen molar-refractivity contribution in [1.29, 1.82) is 0 Å². The number of ether oxygens (including phenoxy) is 3. The Labute approximate surface area is 234 Å². The minimum atomic E-state index is -0.992. The number of aryl methyl sites for hydroxylation is 3. The molecule has 0 aromatic heterocycles. The molecule has 0 heterocycles. The molecule has 1 atom stereocenters. The van der Waals surface area contributed by atoms with Crippen LogP contribution in [0.1, 0.15) is 42.0 Å². The number of carbonyl (C=O) groups is 2. The molecule has 1 unspecified atom stereocenters. The van der Waals surface area contributed by atoms with E-state index in [4.69, 9.17) is 14.2 Å². The average molecular weight is 550 g/mol. The first-order chi connectivity index (χ1) is 19.4. The molecular weight excluding hydrogens is 513 g/mol. The molecule has 1 N–H and O–H groups in total. The SMILES string of the molecule is CCOC(Cc1ccc(OCCN(CCCc2ccc(F)cc2)C(=O)Oc2ccc3c(c2)CCC3)cc1)C(=O)O. The van der Waals surface area contributed by atoms with Gasteiger partial charge in [0.1, 0.15) is 23.9 Å². The van der Waals surface area contributed by atoms with E-state index in [1.54, 1.807) is 36.1 Å². The second-order valence-electron chi connectivity index (χ2n) is 9.85. The smallest absolute Gasteiger partial charge is 0.415 e. The lowest BCUT2D eigenvalue weighted by molar-refractivity contribution is -0.149. The number of rotatable bonds is 14. The van der Waals surface area contributed by atoms with Crippen molar-refractivity contribution in [2.75, 3.05) is 26.3 Å². The molecule has 1 aliphatic carbocycles. The molecule has 0 fully saturated rings. The maximum Gasteiger partial charge on any atom is 0.415 e. The first-order valence-corrected chi connectivity index (χ1v) is 13.8. The molecule has 8 heteroatoms. The predicted molar refractivity (Wildman–Crippen MR) is 149 cm³/mol. The molecule has 1 amide bonds. The number of aliphatic carboxylic acids is 1. The third kappa shape index (κ3) is 8.55. The largest absolute Gasteiger partial charge is 0.492 e. The molecular formula is C32H36FNO6. The second kappa shape index (κ2) is 14.5. The molecule has 212 valence electrons. The van der Waals surface area contributed by atoms with Crippen LogP contribution in [0.5, 0.6) is 11.5 Å². The summed E-state index contributed by atoms with van der Waals surface area (Å²) >= 11 is 0. The number of halogens is 1. The van der Waals surface area contributed by atoms with E-state index in [9.17, 15) is 19.1 Å².